The Morgan fingerprint density at radius 3 is 1.66 bits per heavy atom. The first-order valence-electron chi connectivity index (χ1n) is 16.2. The Kier molecular flexibility index (Phi) is 9.91. The van der Waals surface area contributed by atoms with Crippen LogP contribution in [0.3, 0.4) is 0 Å². The summed E-state index contributed by atoms with van der Waals surface area (Å²) in [5.74, 6) is -0.112. The molecule has 8 rings (SSSR count). The predicted octanol–water partition coefficient (Wildman–Crippen LogP) is 5.22. The topological polar surface area (TPSA) is 159 Å². The fourth-order valence-corrected chi connectivity index (χ4v) is 7.00. The molecule has 4 aromatic heterocycles. The number of hydrogen-bond acceptors (Lipinski definition) is 9. The number of primary amides is 1. The van der Waals surface area contributed by atoms with Gasteiger partial charge in [0, 0.05) is 62.9 Å². The molecule has 2 N–H and O–H groups in total. The molecule has 0 atom stereocenters. The van der Waals surface area contributed by atoms with Gasteiger partial charge in [-0.25, -0.2) is 23.5 Å². The number of nitrogens with zero attached hydrogens (tertiary/aromatic N) is 8. The van der Waals surface area contributed by atoms with E-state index in [4.69, 9.17) is 19.9 Å². The fourth-order valence-electron chi connectivity index (χ4n) is 6.31. The van der Waals surface area contributed by atoms with Crippen molar-refractivity contribution in [1.29, 1.82) is 0 Å². The Hall–Kier alpha value is -5.36. The van der Waals surface area contributed by atoms with Crippen molar-refractivity contribution < 1.29 is 32.6 Å². The lowest BCUT2D eigenvalue weighted by molar-refractivity contribution is 0.0593. The number of aryl methyl sites for hydroxylation is 2. The van der Waals surface area contributed by atoms with Gasteiger partial charge in [0.2, 0.25) is 0 Å². The van der Waals surface area contributed by atoms with E-state index in [2.05, 4.69) is 52.0 Å². The van der Waals surface area contributed by atoms with E-state index in [0.717, 1.165) is 11.4 Å². The van der Waals surface area contributed by atoms with E-state index in [1.165, 1.54) is 19.2 Å². The molecule has 0 spiro atoms. The molecule has 6 aromatic rings. The zero-order valence-corrected chi connectivity index (χ0v) is 31.7. The molecule has 0 aliphatic carbocycles. The van der Waals surface area contributed by atoms with E-state index < -0.39 is 23.5 Å². The van der Waals surface area contributed by atoms with Gasteiger partial charge in [-0.2, -0.15) is 10.2 Å². The zero-order chi connectivity index (χ0) is 37.6. The molecule has 53 heavy (non-hydrogen) atoms. The van der Waals surface area contributed by atoms with Crippen LogP contribution >= 0.6 is 31.9 Å². The van der Waals surface area contributed by atoms with E-state index in [1.54, 1.807) is 33.9 Å². The van der Waals surface area contributed by atoms with Crippen LogP contribution in [0.5, 0.6) is 11.5 Å². The fraction of sp³-hybridized carbons (Fsp3) is 0.257. The molecule has 14 nitrogen and oxygen atoms in total. The molecule has 2 aliphatic heterocycles. The average molecular weight is 855 g/mol. The standard InChI is InChI=1S/C18H16BrFN4O3.C17H15BrFN5O2/c1-23-10(3-4-21-23)7-14-16(18(25)26-2)22-17-11-8-12(19)13(20)9-15(11)27-6-5-24(14)17;1-23-9(2-3-21-23)6-13-15(16(20)25)22-17-10-7-11(18)12(19)8-14(10)26-5-4-24(13)17/h3-4,8-9H,5-7H2,1-2H3;2-3,7-8H,4-6H2,1H3,(H2,20,25). The molecule has 0 saturated heterocycles. The van der Waals surface area contributed by atoms with E-state index in [-0.39, 0.29) is 11.4 Å². The number of esters is 1. The minimum atomic E-state index is -0.605. The molecule has 0 fully saturated rings. The lowest BCUT2D eigenvalue weighted by Crippen LogP contribution is -2.17. The Bertz CT molecular complexity index is 2400. The number of hydrogen-bond donors (Lipinski definition) is 1. The van der Waals surface area contributed by atoms with Gasteiger partial charge in [0.25, 0.3) is 5.91 Å². The van der Waals surface area contributed by atoms with Gasteiger partial charge < -0.3 is 29.1 Å². The Balaban J connectivity index is 0.000000164. The number of benzene rings is 2. The van der Waals surface area contributed by atoms with Gasteiger partial charge >= 0.3 is 5.97 Å². The van der Waals surface area contributed by atoms with Crippen LogP contribution in [-0.2, 0) is 44.8 Å². The third-order valence-electron chi connectivity index (χ3n) is 8.97. The molecular formula is C35H31Br2F2N9O5. The Morgan fingerprint density at radius 1 is 0.792 bits per heavy atom. The lowest BCUT2D eigenvalue weighted by atomic mass is 10.1. The number of halogens is 4. The lowest BCUT2D eigenvalue weighted by Gasteiger charge is -2.10. The average Bonchev–Trinajstić information content (AvgIpc) is 3.86. The monoisotopic (exact) mass is 853 g/mol. The number of carbonyl (C=O) groups is 2. The smallest absolute Gasteiger partial charge is 0.358 e. The van der Waals surface area contributed by atoms with Crippen molar-refractivity contribution in [2.45, 2.75) is 25.9 Å². The van der Waals surface area contributed by atoms with Crippen LogP contribution in [0, 0.1) is 11.6 Å². The molecule has 274 valence electrons. The van der Waals surface area contributed by atoms with Gasteiger partial charge in [-0.05, 0) is 56.1 Å². The normalized spacial score (nSPS) is 12.8. The van der Waals surface area contributed by atoms with Crippen molar-refractivity contribution >= 4 is 43.7 Å². The van der Waals surface area contributed by atoms with E-state index >= 15 is 0 Å². The SMILES string of the molecule is COC(=O)c1nc2n(c1Cc1ccnn1C)CCOc1cc(F)c(Br)cc1-2.Cn1nccc1Cc1c(C(N)=O)nc2n1CCOc1cc(F)c(Br)cc1-2. The summed E-state index contributed by atoms with van der Waals surface area (Å²) in [6.07, 6.45) is 4.29. The highest BCUT2D eigenvalue weighted by Crippen LogP contribution is 2.39. The van der Waals surface area contributed by atoms with Crippen LogP contribution in [0.4, 0.5) is 8.78 Å². The van der Waals surface area contributed by atoms with Crippen LogP contribution in [0.25, 0.3) is 22.8 Å². The molecule has 2 aliphatic rings. The molecular weight excluding hydrogens is 824 g/mol. The highest BCUT2D eigenvalue weighted by Gasteiger charge is 2.29. The predicted molar refractivity (Wildman–Crippen MR) is 194 cm³/mol. The van der Waals surface area contributed by atoms with Crippen molar-refractivity contribution in [3.63, 3.8) is 0 Å². The van der Waals surface area contributed by atoms with Gasteiger partial charge in [-0.3, -0.25) is 14.2 Å². The largest absolute Gasteiger partial charge is 0.491 e. The zero-order valence-electron chi connectivity index (χ0n) is 28.6. The third kappa shape index (κ3) is 6.83. The number of fused-ring (bicyclic) bond motifs is 6. The van der Waals surface area contributed by atoms with Gasteiger partial charge in [-0.1, -0.05) is 0 Å². The molecule has 0 bridgehead atoms. The maximum absolute atomic E-state index is 13.9. The summed E-state index contributed by atoms with van der Waals surface area (Å²) >= 11 is 6.40. The van der Waals surface area contributed by atoms with Crippen molar-refractivity contribution in [3.8, 4) is 34.3 Å². The van der Waals surface area contributed by atoms with Gasteiger partial charge in [-0.15, -0.1) is 0 Å². The van der Waals surface area contributed by atoms with Crippen molar-refractivity contribution in [2.75, 3.05) is 20.3 Å². The molecule has 18 heteroatoms. The summed E-state index contributed by atoms with van der Waals surface area (Å²) in [5, 5.41) is 8.34. The number of aromatic nitrogens is 8. The molecule has 6 heterocycles. The minimum absolute atomic E-state index is 0.203. The number of amides is 1. The van der Waals surface area contributed by atoms with Gasteiger partial charge in [0.15, 0.2) is 5.69 Å². The quantitative estimate of drug-likeness (QED) is 0.222. The van der Waals surface area contributed by atoms with Crippen LogP contribution in [0.1, 0.15) is 43.8 Å². The maximum Gasteiger partial charge on any atom is 0.358 e. The molecule has 1 amide bonds. The number of imidazole rings is 2. The summed E-state index contributed by atoms with van der Waals surface area (Å²) in [4.78, 5) is 33.4. The molecule has 2 aromatic carbocycles. The second-order valence-corrected chi connectivity index (χ2v) is 13.8. The van der Waals surface area contributed by atoms with Crippen LogP contribution < -0.4 is 15.2 Å². The Morgan fingerprint density at radius 2 is 1.25 bits per heavy atom. The summed E-state index contributed by atoms with van der Waals surface area (Å²) in [6.45, 7) is 1.60. The Labute approximate surface area is 317 Å². The van der Waals surface area contributed by atoms with Gasteiger partial charge in [0.1, 0.15) is 53.7 Å². The first-order valence-corrected chi connectivity index (χ1v) is 17.8. The number of carbonyl (C=O) groups excluding carboxylic acids is 2. The summed E-state index contributed by atoms with van der Waals surface area (Å²) in [6, 6.07) is 9.61. The van der Waals surface area contributed by atoms with Gasteiger partial charge in [0.05, 0.1) is 51.7 Å². The summed E-state index contributed by atoms with van der Waals surface area (Å²) < 4.78 is 52.1. The number of nitrogens with two attached hydrogens (primary N) is 1. The first-order chi connectivity index (χ1) is 25.4. The van der Waals surface area contributed by atoms with E-state index in [1.807, 2.05) is 35.4 Å². The molecule has 0 unspecified atom stereocenters. The van der Waals surface area contributed by atoms with E-state index in [9.17, 15) is 18.4 Å². The molecule has 0 radical (unpaired) electrons. The third-order valence-corrected chi connectivity index (χ3v) is 10.2. The van der Waals surface area contributed by atoms with Crippen molar-refractivity contribution in [2.24, 2.45) is 19.8 Å². The second-order valence-electron chi connectivity index (χ2n) is 12.1. The number of methoxy groups -OCH3 is 1. The van der Waals surface area contributed by atoms with Crippen molar-refractivity contribution in [1.82, 2.24) is 38.7 Å². The summed E-state index contributed by atoms with van der Waals surface area (Å²) in [7, 11) is 4.99. The second kappa shape index (κ2) is 14.6. The highest BCUT2D eigenvalue weighted by atomic mass is 79.9. The number of rotatable bonds is 6. The summed E-state index contributed by atoms with van der Waals surface area (Å²) in [5.41, 5.74) is 10.5. The molecule has 0 saturated carbocycles. The van der Waals surface area contributed by atoms with Crippen molar-refractivity contribution in [3.05, 3.63) is 104 Å². The first kappa shape index (κ1) is 36.0. The minimum Gasteiger partial charge on any atom is -0.491 e. The van der Waals surface area contributed by atoms with E-state index in [0.29, 0.717) is 93.8 Å². The number of ether oxygens (including phenoxy) is 3. The van der Waals surface area contributed by atoms with Crippen LogP contribution in [0.2, 0.25) is 0 Å². The maximum atomic E-state index is 13.9. The highest BCUT2D eigenvalue weighted by molar-refractivity contribution is 9.10. The van der Waals surface area contributed by atoms with Crippen LogP contribution in [-0.4, -0.2) is 70.9 Å². The van der Waals surface area contributed by atoms with Crippen LogP contribution in [0.15, 0.2) is 57.7 Å².